The van der Waals surface area contributed by atoms with Crippen LogP contribution in [0.3, 0.4) is 0 Å². The molecule has 0 spiro atoms. The van der Waals surface area contributed by atoms with Gasteiger partial charge in [-0.15, -0.1) is 0 Å². The quantitative estimate of drug-likeness (QED) is 0.612. The van der Waals surface area contributed by atoms with E-state index in [1.807, 2.05) is 0 Å². The molecule has 1 atom stereocenters. The summed E-state index contributed by atoms with van der Waals surface area (Å²) in [7, 11) is 0. The first-order chi connectivity index (χ1) is 6.25. The number of hydrogen-bond acceptors (Lipinski definition) is 2. The largest absolute Gasteiger partial charge is 0.465 e. The predicted molar refractivity (Wildman–Crippen MR) is 49.5 cm³/mol. The van der Waals surface area contributed by atoms with Gasteiger partial charge in [0.05, 0.1) is 13.0 Å². The van der Waals surface area contributed by atoms with Crippen LogP contribution in [-0.4, -0.2) is 12.6 Å². The molecular formula is C11H12O2. The lowest BCUT2D eigenvalue weighted by Crippen LogP contribution is -1.96. The first kappa shape index (κ1) is 8.30. The van der Waals surface area contributed by atoms with Crippen LogP contribution in [0, 0.1) is 6.92 Å². The Hall–Kier alpha value is -1.31. The van der Waals surface area contributed by atoms with Gasteiger partial charge in [0.25, 0.3) is 0 Å². The summed E-state index contributed by atoms with van der Waals surface area (Å²) < 4.78 is 4.91. The minimum absolute atomic E-state index is 0.0782. The molecule has 1 aromatic rings. The van der Waals surface area contributed by atoms with Gasteiger partial charge in [-0.05, 0) is 12.5 Å². The number of carbonyl (C=O) groups is 1. The Morgan fingerprint density at radius 3 is 2.54 bits per heavy atom. The summed E-state index contributed by atoms with van der Waals surface area (Å²) in [6.07, 6.45) is 0.531. The highest BCUT2D eigenvalue weighted by atomic mass is 16.5. The van der Waals surface area contributed by atoms with Crippen LogP contribution in [0.1, 0.15) is 23.5 Å². The maximum Gasteiger partial charge on any atom is 0.306 e. The Morgan fingerprint density at radius 1 is 1.31 bits per heavy atom. The Kier molecular flexibility index (Phi) is 2.05. The summed E-state index contributed by atoms with van der Waals surface area (Å²) in [5, 5.41) is 0. The van der Waals surface area contributed by atoms with E-state index in [-0.39, 0.29) is 11.9 Å². The zero-order valence-electron chi connectivity index (χ0n) is 7.62. The van der Waals surface area contributed by atoms with Gasteiger partial charge in [0.2, 0.25) is 0 Å². The molecule has 2 nitrogen and oxygen atoms in total. The van der Waals surface area contributed by atoms with Gasteiger partial charge in [0.15, 0.2) is 0 Å². The molecule has 1 unspecified atom stereocenters. The number of cyclic esters (lactones) is 1. The molecule has 0 aromatic heterocycles. The van der Waals surface area contributed by atoms with Crippen molar-refractivity contribution in [2.24, 2.45) is 0 Å². The molecule has 1 saturated heterocycles. The van der Waals surface area contributed by atoms with E-state index in [4.69, 9.17) is 4.74 Å². The van der Waals surface area contributed by atoms with Crippen LogP contribution in [0.25, 0.3) is 0 Å². The van der Waals surface area contributed by atoms with Crippen LogP contribution in [0.2, 0.25) is 0 Å². The summed E-state index contributed by atoms with van der Waals surface area (Å²) in [6, 6.07) is 8.28. The van der Waals surface area contributed by atoms with Gasteiger partial charge < -0.3 is 4.74 Å². The van der Waals surface area contributed by atoms with Crippen LogP contribution >= 0.6 is 0 Å². The lowest BCUT2D eigenvalue weighted by molar-refractivity contribution is -0.137. The minimum Gasteiger partial charge on any atom is -0.465 e. The summed E-state index contributed by atoms with van der Waals surface area (Å²) in [5.74, 6) is 0.193. The number of benzene rings is 1. The van der Waals surface area contributed by atoms with Crippen molar-refractivity contribution in [2.45, 2.75) is 19.3 Å². The van der Waals surface area contributed by atoms with Crippen molar-refractivity contribution in [1.29, 1.82) is 0 Å². The normalized spacial score (nSPS) is 21.6. The maximum absolute atomic E-state index is 10.9. The smallest absolute Gasteiger partial charge is 0.306 e. The number of ether oxygens (including phenoxy) is 1. The van der Waals surface area contributed by atoms with Crippen LogP contribution in [0.5, 0.6) is 0 Å². The molecule has 0 aliphatic carbocycles. The topological polar surface area (TPSA) is 26.3 Å². The van der Waals surface area contributed by atoms with E-state index < -0.39 is 0 Å². The molecular weight excluding hydrogens is 164 g/mol. The van der Waals surface area contributed by atoms with Crippen molar-refractivity contribution < 1.29 is 9.53 Å². The van der Waals surface area contributed by atoms with E-state index in [0.717, 1.165) is 0 Å². The van der Waals surface area contributed by atoms with Gasteiger partial charge in [-0.25, -0.2) is 0 Å². The fourth-order valence-corrected chi connectivity index (χ4v) is 1.57. The van der Waals surface area contributed by atoms with Crippen molar-refractivity contribution in [3.63, 3.8) is 0 Å². The zero-order chi connectivity index (χ0) is 9.26. The van der Waals surface area contributed by atoms with E-state index in [0.29, 0.717) is 13.0 Å². The molecule has 68 valence electrons. The molecule has 0 saturated carbocycles. The van der Waals surface area contributed by atoms with Crippen molar-refractivity contribution >= 4 is 5.97 Å². The third-order valence-electron chi connectivity index (χ3n) is 2.41. The van der Waals surface area contributed by atoms with E-state index in [2.05, 4.69) is 31.2 Å². The number of carbonyl (C=O) groups excluding carboxylic acids is 1. The second-order valence-electron chi connectivity index (χ2n) is 3.49. The first-order valence-electron chi connectivity index (χ1n) is 4.48. The van der Waals surface area contributed by atoms with Gasteiger partial charge in [-0.2, -0.15) is 0 Å². The highest BCUT2D eigenvalue weighted by molar-refractivity contribution is 5.72. The fraction of sp³-hybridized carbons (Fsp3) is 0.364. The van der Waals surface area contributed by atoms with Gasteiger partial charge in [-0.1, -0.05) is 29.8 Å². The first-order valence-corrected chi connectivity index (χ1v) is 4.48. The third kappa shape index (κ3) is 1.72. The average Bonchev–Trinajstić information content (AvgIpc) is 2.53. The second-order valence-corrected chi connectivity index (χ2v) is 3.49. The molecule has 13 heavy (non-hydrogen) atoms. The van der Waals surface area contributed by atoms with Gasteiger partial charge in [0, 0.05) is 5.92 Å². The van der Waals surface area contributed by atoms with Crippen LogP contribution < -0.4 is 0 Å². The fourth-order valence-electron chi connectivity index (χ4n) is 1.57. The molecule has 1 heterocycles. The van der Waals surface area contributed by atoms with E-state index in [1.54, 1.807) is 0 Å². The highest BCUT2D eigenvalue weighted by Gasteiger charge is 2.24. The summed E-state index contributed by atoms with van der Waals surface area (Å²) in [6.45, 7) is 2.60. The lowest BCUT2D eigenvalue weighted by atomic mass is 9.98. The number of rotatable bonds is 1. The van der Waals surface area contributed by atoms with E-state index >= 15 is 0 Å². The molecule has 0 radical (unpaired) electrons. The van der Waals surface area contributed by atoms with Crippen molar-refractivity contribution in [3.05, 3.63) is 35.4 Å². The van der Waals surface area contributed by atoms with Crippen LogP contribution in [-0.2, 0) is 9.53 Å². The van der Waals surface area contributed by atoms with Crippen LogP contribution in [0.4, 0.5) is 0 Å². The molecule has 2 heteroatoms. The lowest BCUT2D eigenvalue weighted by Gasteiger charge is -2.05. The summed E-state index contributed by atoms with van der Waals surface area (Å²) >= 11 is 0. The number of esters is 1. The van der Waals surface area contributed by atoms with E-state index in [1.165, 1.54) is 11.1 Å². The van der Waals surface area contributed by atoms with Gasteiger partial charge >= 0.3 is 5.97 Å². The average molecular weight is 176 g/mol. The Morgan fingerprint density at radius 2 is 2.00 bits per heavy atom. The molecule has 0 amide bonds. The van der Waals surface area contributed by atoms with Crippen LogP contribution in [0.15, 0.2) is 24.3 Å². The van der Waals surface area contributed by atoms with Gasteiger partial charge in [-0.3, -0.25) is 4.79 Å². The molecule has 1 aromatic carbocycles. The standard InChI is InChI=1S/C11H12O2/c1-8-2-4-9(5-3-8)10-6-11(12)13-7-10/h2-5,10H,6-7H2,1H3. The number of aryl methyl sites for hydroxylation is 1. The SMILES string of the molecule is Cc1ccc(C2COC(=O)C2)cc1. The molecule has 0 bridgehead atoms. The second kappa shape index (κ2) is 3.21. The minimum atomic E-state index is -0.0782. The molecule has 1 aliphatic heterocycles. The van der Waals surface area contributed by atoms with E-state index in [9.17, 15) is 4.79 Å². The monoisotopic (exact) mass is 176 g/mol. The molecule has 0 N–H and O–H groups in total. The Balaban J connectivity index is 2.17. The highest BCUT2D eigenvalue weighted by Crippen LogP contribution is 2.25. The molecule has 2 rings (SSSR count). The van der Waals surface area contributed by atoms with Crippen molar-refractivity contribution in [1.82, 2.24) is 0 Å². The van der Waals surface area contributed by atoms with Gasteiger partial charge in [0.1, 0.15) is 0 Å². The Bertz CT molecular complexity index is 313. The summed E-state index contributed by atoms with van der Waals surface area (Å²) in [5.41, 5.74) is 2.45. The maximum atomic E-state index is 10.9. The summed E-state index contributed by atoms with van der Waals surface area (Å²) in [4.78, 5) is 10.9. The van der Waals surface area contributed by atoms with Crippen molar-refractivity contribution in [3.8, 4) is 0 Å². The molecule has 1 fully saturated rings. The number of hydrogen-bond donors (Lipinski definition) is 0. The zero-order valence-corrected chi connectivity index (χ0v) is 7.62. The Labute approximate surface area is 77.5 Å². The van der Waals surface area contributed by atoms with Crippen molar-refractivity contribution in [2.75, 3.05) is 6.61 Å². The predicted octanol–water partition coefficient (Wildman–Crippen LogP) is 2.03. The molecule has 1 aliphatic rings. The third-order valence-corrected chi connectivity index (χ3v) is 2.41.